The molecule has 9 fully saturated rings. The summed E-state index contributed by atoms with van der Waals surface area (Å²) in [5.41, 5.74) is -5.86. The molecule has 9 bridgehead atoms. The van der Waals surface area contributed by atoms with Crippen LogP contribution in [-0.4, -0.2) is 93.2 Å². The van der Waals surface area contributed by atoms with Crippen LogP contribution in [0.5, 0.6) is 0 Å². The minimum Gasteiger partial charge on any atom is -0.459 e. The highest BCUT2D eigenvalue weighted by molar-refractivity contribution is 5.73. The molecule has 230 valence electrons. The highest BCUT2D eigenvalue weighted by atomic mass is 16.6. The number of fused-ring (bicyclic) bond motifs is 1. The number of rotatable bonds is 6. The molecular formula is C31H41NO10. The lowest BCUT2D eigenvalue weighted by Gasteiger charge is -2.71. The average Bonchev–Trinajstić information content (AvgIpc) is 3.31. The molecule has 15 atom stereocenters. The van der Waals surface area contributed by atoms with Gasteiger partial charge in [-0.05, 0) is 31.6 Å². The van der Waals surface area contributed by atoms with Crippen molar-refractivity contribution >= 4 is 23.9 Å². The van der Waals surface area contributed by atoms with Gasteiger partial charge >= 0.3 is 23.9 Å². The third kappa shape index (κ3) is 2.68. The Labute approximate surface area is 244 Å². The first-order valence-electron chi connectivity index (χ1n) is 15.2. The van der Waals surface area contributed by atoms with E-state index in [1.165, 1.54) is 20.8 Å². The van der Waals surface area contributed by atoms with Crippen LogP contribution in [-0.2, 0) is 38.1 Å². The molecular weight excluding hydrogens is 546 g/mol. The van der Waals surface area contributed by atoms with Gasteiger partial charge in [-0.2, -0.15) is 0 Å². The van der Waals surface area contributed by atoms with E-state index in [2.05, 4.69) is 11.5 Å². The largest absolute Gasteiger partial charge is 0.459 e. The summed E-state index contributed by atoms with van der Waals surface area (Å²) < 4.78 is 24.1. The summed E-state index contributed by atoms with van der Waals surface area (Å²) in [5, 5.41) is 26.5. The second-order valence-corrected chi connectivity index (χ2v) is 14.5. The summed E-state index contributed by atoms with van der Waals surface area (Å²) in [5.74, 6) is -3.63. The maximum atomic E-state index is 13.4. The fraction of sp³-hybridized carbons (Fsp3) is 0.806. The van der Waals surface area contributed by atoms with Gasteiger partial charge < -0.3 is 29.2 Å². The Balaban J connectivity index is 1.47. The van der Waals surface area contributed by atoms with E-state index < -0.39 is 93.6 Å². The van der Waals surface area contributed by atoms with Crippen molar-refractivity contribution in [1.29, 1.82) is 0 Å². The molecule has 0 aromatic carbocycles. The molecule has 0 radical (unpaired) electrons. The van der Waals surface area contributed by atoms with Gasteiger partial charge in [-0.25, -0.2) is 0 Å². The smallest absolute Gasteiger partial charge is 0.309 e. The van der Waals surface area contributed by atoms with Crippen LogP contribution in [0.1, 0.15) is 67.2 Å². The zero-order chi connectivity index (χ0) is 30.5. The number of hydrogen-bond acceptors (Lipinski definition) is 11. The van der Waals surface area contributed by atoms with Crippen LogP contribution < -0.4 is 0 Å². The highest BCUT2D eigenvalue weighted by Crippen LogP contribution is 2.89. The van der Waals surface area contributed by atoms with E-state index in [1.54, 1.807) is 6.92 Å². The van der Waals surface area contributed by atoms with Gasteiger partial charge in [0.25, 0.3) is 0 Å². The first-order valence-corrected chi connectivity index (χ1v) is 15.2. The Hall–Kier alpha value is -2.50. The van der Waals surface area contributed by atoms with Crippen molar-refractivity contribution in [3.8, 4) is 0 Å². The van der Waals surface area contributed by atoms with Gasteiger partial charge in [0.2, 0.25) is 0 Å². The molecule has 3 saturated heterocycles. The van der Waals surface area contributed by atoms with E-state index in [0.29, 0.717) is 25.0 Å². The molecule has 9 rings (SSSR count). The third-order valence-electron chi connectivity index (χ3n) is 12.8. The predicted octanol–water partition coefficient (Wildman–Crippen LogP) is 1.27. The van der Waals surface area contributed by atoms with Crippen LogP contribution in [0, 0.1) is 34.0 Å². The Morgan fingerprint density at radius 2 is 1.57 bits per heavy atom. The Morgan fingerprint density at radius 3 is 2.17 bits per heavy atom. The number of carbonyl (C=O) groups excluding carboxylic acids is 4. The molecule has 0 amide bonds. The number of hydrogen-bond donors (Lipinski definition) is 2. The summed E-state index contributed by atoms with van der Waals surface area (Å²) in [4.78, 5) is 53.1. The van der Waals surface area contributed by atoms with Crippen LogP contribution in [0.2, 0.25) is 0 Å². The molecule has 11 nitrogen and oxygen atoms in total. The second-order valence-electron chi connectivity index (χ2n) is 14.5. The van der Waals surface area contributed by atoms with Crippen LogP contribution in [0.4, 0.5) is 0 Å². The van der Waals surface area contributed by atoms with Crippen LogP contribution >= 0.6 is 0 Å². The quantitative estimate of drug-likeness (QED) is 0.263. The van der Waals surface area contributed by atoms with Gasteiger partial charge in [0.15, 0.2) is 0 Å². The number of ether oxygens (including phenoxy) is 4. The number of esters is 4. The van der Waals surface area contributed by atoms with Crippen molar-refractivity contribution in [1.82, 2.24) is 4.90 Å². The van der Waals surface area contributed by atoms with Crippen LogP contribution in [0.25, 0.3) is 0 Å². The van der Waals surface area contributed by atoms with Gasteiger partial charge in [-0.15, -0.1) is 0 Å². The van der Waals surface area contributed by atoms with Gasteiger partial charge in [0.05, 0.1) is 17.9 Å². The molecule has 2 N–H and O–H groups in total. The molecule has 9 aliphatic rings. The lowest BCUT2D eigenvalue weighted by Crippen LogP contribution is -2.83. The van der Waals surface area contributed by atoms with Crippen molar-refractivity contribution < 1.29 is 48.3 Å². The molecule has 3 heterocycles. The monoisotopic (exact) mass is 587 g/mol. The van der Waals surface area contributed by atoms with Crippen molar-refractivity contribution in [3.05, 3.63) is 12.2 Å². The maximum absolute atomic E-state index is 13.4. The van der Waals surface area contributed by atoms with Crippen LogP contribution in [0.3, 0.4) is 0 Å². The number of nitrogens with zero attached hydrogens (tertiary/aromatic N) is 1. The standard InChI is InChI=1S/C31H41NO10/c1-8-13(2)25(36)42-19-11-29-21-18-10-28-9-14(3)20(24(31(28,29)38)41-17(6)35)23(40-16(5)34)30(28,37)26(29)32(18)12-27(21,7)22(19)39-15(4)33/h13,18-24,26,37-38H,3,8-12H2,1-2,4-7H3/t13-,18-,19+,20-,21+,22+,23+,24+,26-,27-,28-,29+,30-,31-/m0/s1. The first kappa shape index (κ1) is 28.3. The fourth-order valence-electron chi connectivity index (χ4n) is 12.0. The topological polar surface area (TPSA) is 149 Å². The zero-order valence-electron chi connectivity index (χ0n) is 25.0. The van der Waals surface area contributed by atoms with Gasteiger partial charge in [-0.3, -0.25) is 24.1 Å². The minimum absolute atomic E-state index is 0.0803. The Bertz CT molecular complexity index is 1330. The molecule has 3 aliphatic heterocycles. The Kier molecular flexibility index (Phi) is 5.49. The number of carbonyl (C=O) groups is 4. The van der Waals surface area contributed by atoms with Gasteiger partial charge in [0, 0.05) is 49.6 Å². The fourth-order valence-corrected chi connectivity index (χ4v) is 12.0. The second kappa shape index (κ2) is 8.15. The predicted molar refractivity (Wildman–Crippen MR) is 143 cm³/mol. The van der Waals surface area contributed by atoms with E-state index in [0.717, 1.165) is 0 Å². The minimum atomic E-state index is -1.76. The first-order chi connectivity index (χ1) is 19.6. The third-order valence-corrected chi connectivity index (χ3v) is 12.8. The SMILES string of the molecule is C=C1C[C@]23C[C@H]4[C@@H]5[C@]6(C)CN4[C@@H]4[C@@]2(O)[C@H](OC(C)=O)[C@H]1[C@@H](OC(C)=O)[C@@]3(O)[C@]54C[C@@H](OC(=O)[C@@H](C)CC)[C@H]6OC(C)=O. The molecule has 42 heavy (non-hydrogen) atoms. The molecule has 0 aromatic rings. The lowest BCUT2D eigenvalue weighted by atomic mass is 9.36. The summed E-state index contributed by atoms with van der Waals surface area (Å²) in [6, 6.07) is -0.751. The van der Waals surface area contributed by atoms with E-state index in [9.17, 15) is 29.4 Å². The summed E-state index contributed by atoms with van der Waals surface area (Å²) in [6.45, 7) is 14.3. The number of piperidine rings is 2. The molecule has 2 spiro atoms. The van der Waals surface area contributed by atoms with E-state index >= 15 is 0 Å². The van der Waals surface area contributed by atoms with Gasteiger partial charge in [0.1, 0.15) is 35.6 Å². The zero-order valence-corrected chi connectivity index (χ0v) is 25.0. The normalized spacial score (nSPS) is 54.0. The highest BCUT2D eigenvalue weighted by Gasteiger charge is 3.01. The van der Waals surface area contributed by atoms with Crippen molar-refractivity contribution in [2.45, 2.75) is 115 Å². The van der Waals surface area contributed by atoms with Crippen molar-refractivity contribution in [3.63, 3.8) is 0 Å². The number of aliphatic hydroxyl groups is 2. The summed E-state index contributed by atoms with van der Waals surface area (Å²) in [7, 11) is 0. The molecule has 0 aromatic heterocycles. The average molecular weight is 588 g/mol. The van der Waals surface area contributed by atoms with Crippen molar-refractivity contribution in [2.75, 3.05) is 6.54 Å². The summed E-state index contributed by atoms with van der Waals surface area (Å²) >= 11 is 0. The lowest BCUT2D eigenvalue weighted by molar-refractivity contribution is -0.347. The van der Waals surface area contributed by atoms with Crippen molar-refractivity contribution in [2.24, 2.45) is 34.0 Å². The Morgan fingerprint density at radius 1 is 0.976 bits per heavy atom. The van der Waals surface area contributed by atoms with Crippen LogP contribution in [0.15, 0.2) is 12.2 Å². The molecule has 11 heteroatoms. The molecule has 6 saturated carbocycles. The summed E-state index contributed by atoms with van der Waals surface area (Å²) in [6.07, 6.45) is -2.62. The van der Waals surface area contributed by atoms with Gasteiger partial charge in [-0.1, -0.05) is 32.9 Å². The molecule has 1 unspecified atom stereocenters. The maximum Gasteiger partial charge on any atom is 0.309 e. The van der Waals surface area contributed by atoms with E-state index in [-0.39, 0.29) is 24.8 Å². The van der Waals surface area contributed by atoms with E-state index in [1.807, 2.05) is 13.8 Å². The molecule has 6 aliphatic carbocycles. The van der Waals surface area contributed by atoms with E-state index in [4.69, 9.17) is 18.9 Å².